The molecule has 0 radical (unpaired) electrons. The number of nitrogens with one attached hydrogen (secondary N) is 3. The van der Waals surface area contributed by atoms with Crippen molar-refractivity contribution in [3.8, 4) is 11.5 Å². The van der Waals surface area contributed by atoms with E-state index in [0.29, 0.717) is 29.6 Å². The molecule has 0 saturated heterocycles. The molecule has 1 heterocycles. The molecule has 0 bridgehead atoms. The molecule has 8 nitrogen and oxygen atoms in total. The first-order valence-corrected chi connectivity index (χ1v) is 13.4. The average Bonchev–Trinajstić information content (AvgIpc) is 3.32. The number of halogens is 1. The van der Waals surface area contributed by atoms with Gasteiger partial charge in [0.2, 0.25) is 12.3 Å². The third kappa shape index (κ3) is 6.64. The molecule has 3 N–H and O–H groups in total. The molecule has 39 heavy (non-hydrogen) atoms. The van der Waals surface area contributed by atoms with Crippen LogP contribution >= 0.6 is 11.6 Å². The zero-order valence-corrected chi connectivity index (χ0v) is 23.5. The van der Waals surface area contributed by atoms with Crippen LogP contribution in [0.4, 0.5) is 17.1 Å². The molecule has 0 aromatic heterocycles. The van der Waals surface area contributed by atoms with E-state index < -0.39 is 0 Å². The van der Waals surface area contributed by atoms with E-state index >= 15 is 0 Å². The van der Waals surface area contributed by atoms with Crippen LogP contribution in [0.2, 0.25) is 0 Å². The highest BCUT2D eigenvalue weighted by molar-refractivity contribution is 6.17. The Morgan fingerprint density at radius 1 is 1.15 bits per heavy atom. The van der Waals surface area contributed by atoms with Crippen molar-refractivity contribution in [2.24, 2.45) is 0 Å². The minimum atomic E-state index is -0.330. The first-order valence-electron chi connectivity index (χ1n) is 12.9. The number of amides is 2. The number of rotatable bonds is 12. The van der Waals surface area contributed by atoms with Crippen LogP contribution in [-0.2, 0) is 28.5 Å². The number of nitrogens with zero attached hydrogens (tertiary/aromatic N) is 1. The standard InChI is InChI=1S/C30H35ClN4O4/c1-19-9-28(38-4)29(14-26(19)33-16-25-13-23-7-5-6-8-27(23)35(25)18-36)39-17-22-10-21(15-31)11-24(12-22)34-30(37)20(2)32-3/h5-12,14,18,20,25,32-33H,13,15-17H2,1-4H3,(H,34,37). The van der Waals surface area contributed by atoms with Crippen molar-refractivity contribution in [1.82, 2.24) is 5.32 Å². The first-order chi connectivity index (χ1) is 18.9. The molecule has 0 aliphatic carbocycles. The van der Waals surface area contributed by atoms with Gasteiger partial charge in [0.15, 0.2) is 11.5 Å². The Balaban J connectivity index is 1.48. The molecule has 1 aliphatic rings. The van der Waals surface area contributed by atoms with E-state index in [1.165, 1.54) is 5.56 Å². The lowest BCUT2D eigenvalue weighted by molar-refractivity contribution is -0.117. The summed E-state index contributed by atoms with van der Waals surface area (Å²) < 4.78 is 11.8. The predicted octanol–water partition coefficient (Wildman–Crippen LogP) is 4.87. The van der Waals surface area contributed by atoms with Gasteiger partial charge >= 0.3 is 0 Å². The van der Waals surface area contributed by atoms with Crippen molar-refractivity contribution in [2.75, 3.05) is 36.2 Å². The van der Waals surface area contributed by atoms with Crippen LogP contribution in [0.5, 0.6) is 11.5 Å². The van der Waals surface area contributed by atoms with Gasteiger partial charge in [0.05, 0.1) is 19.2 Å². The van der Waals surface area contributed by atoms with Gasteiger partial charge in [-0.2, -0.15) is 0 Å². The number of carbonyl (C=O) groups is 2. The summed E-state index contributed by atoms with van der Waals surface area (Å²) in [7, 11) is 3.35. The van der Waals surface area contributed by atoms with Crippen molar-refractivity contribution in [3.05, 3.63) is 76.9 Å². The third-order valence-electron chi connectivity index (χ3n) is 6.97. The maximum absolute atomic E-state index is 12.4. The Morgan fingerprint density at radius 2 is 1.92 bits per heavy atom. The van der Waals surface area contributed by atoms with Crippen LogP contribution in [0.1, 0.15) is 29.2 Å². The van der Waals surface area contributed by atoms with Gasteiger partial charge in [-0.15, -0.1) is 11.6 Å². The largest absolute Gasteiger partial charge is 0.493 e. The Bertz CT molecular complexity index is 1330. The smallest absolute Gasteiger partial charge is 0.241 e. The van der Waals surface area contributed by atoms with Gasteiger partial charge in [0.25, 0.3) is 0 Å². The second kappa shape index (κ2) is 12.9. The maximum Gasteiger partial charge on any atom is 0.241 e. The molecule has 2 amide bonds. The normalized spacial score (nSPS) is 14.9. The molecule has 0 fully saturated rings. The summed E-state index contributed by atoms with van der Waals surface area (Å²) in [5, 5.41) is 9.36. The summed E-state index contributed by atoms with van der Waals surface area (Å²) in [4.78, 5) is 26.0. The number of alkyl halides is 1. The van der Waals surface area contributed by atoms with Gasteiger partial charge in [-0.25, -0.2) is 0 Å². The number of benzene rings is 3. The van der Waals surface area contributed by atoms with E-state index in [-0.39, 0.29) is 24.6 Å². The van der Waals surface area contributed by atoms with Crippen LogP contribution in [0, 0.1) is 6.92 Å². The van der Waals surface area contributed by atoms with Gasteiger partial charge in [-0.3, -0.25) is 9.59 Å². The topological polar surface area (TPSA) is 91.9 Å². The SMILES string of the molecule is CNC(C)C(=O)Nc1cc(CCl)cc(COc2cc(NCC3Cc4ccccc4N3C=O)c(C)cc2OC)c1. The molecule has 1 aliphatic heterocycles. The van der Waals surface area contributed by atoms with E-state index in [4.69, 9.17) is 21.1 Å². The molecule has 3 aromatic carbocycles. The Hall–Kier alpha value is -3.75. The molecule has 4 rings (SSSR count). The molecule has 2 atom stereocenters. The quantitative estimate of drug-likeness (QED) is 0.220. The highest BCUT2D eigenvalue weighted by Gasteiger charge is 2.28. The molecule has 0 saturated carbocycles. The number of methoxy groups -OCH3 is 1. The highest BCUT2D eigenvalue weighted by Crippen LogP contribution is 2.35. The number of anilines is 3. The summed E-state index contributed by atoms with van der Waals surface area (Å²) in [6, 6.07) is 17.2. The van der Waals surface area contributed by atoms with E-state index in [1.54, 1.807) is 26.0 Å². The number of fused-ring (bicyclic) bond motifs is 1. The zero-order chi connectivity index (χ0) is 27.9. The second-order valence-corrected chi connectivity index (χ2v) is 9.93. The van der Waals surface area contributed by atoms with Crippen LogP contribution in [0.25, 0.3) is 0 Å². The molecule has 9 heteroatoms. The molecule has 2 unspecified atom stereocenters. The summed E-state index contributed by atoms with van der Waals surface area (Å²) in [5.41, 5.74) is 6.43. The number of ether oxygens (including phenoxy) is 2. The third-order valence-corrected chi connectivity index (χ3v) is 7.27. The van der Waals surface area contributed by atoms with Gasteiger partial charge in [0, 0.05) is 35.6 Å². The number of para-hydroxylation sites is 1. The second-order valence-electron chi connectivity index (χ2n) is 9.66. The fourth-order valence-electron chi connectivity index (χ4n) is 4.69. The first kappa shape index (κ1) is 28.3. The molecular weight excluding hydrogens is 516 g/mol. The van der Waals surface area contributed by atoms with Crippen LogP contribution < -0.4 is 30.3 Å². The van der Waals surface area contributed by atoms with Gasteiger partial charge in [0.1, 0.15) is 6.61 Å². The fraction of sp³-hybridized carbons (Fsp3) is 0.333. The predicted molar refractivity (Wildman–Crippen MR) is 156 cm³/mol. The molecule has 206 valence electrons. The fourth-order valence-corrected chi connectivity index (χ4v) is 4.84. The summed E-state index contributed by atoms with van der Waals surface area (Å²) in [5.74, 6) is 1.37. The van der Waals surface area contributed by atoms with E-state index in [0.717, 1.165) is 40.9 Å². The average molecular weight is 551 g/mol. The van der Waals surface area contributed by atoms with Gasteiger partial charge < -0.3 is 30.3 Å². The Morgan fingerprint density at radius 3 is 2.64 bits per heavy atom. The molecule has 0 spiro atoms. The number of hydrogen-bond acceptors (Lipinski definition) is 6. The highest BCUT2D eigenvalue weighted by atomic mass is 35.5. The van der Waals surface area contributed by atoms with Gasteiger partial charge in [-0.05, 0) is 73.8 Å². The zero-order valence-electron chi connectivity index (χ0n) is 22.7. The minimum absolute atomic E-state index is 0.0170. The van der Waals surface area contributed by atoms with Crippen LogP contribution in [-0.4, -0.2) is 45.1 Å². The lowest BCUT2D eigenvalue weighted by atomic mass is 10.1. The van der Waals surface area contributed by atoms with E-state index in [9.17, 15) is 9.59 Å². The van der Waals surface area contributed by atoms with Crippen molar-refractivity contribution < 1.29 is 19.1 Å². The maximum atomic E-state index is 12.4. The summed E-state index contributed by atoms with van der Waals surface area (Å²) in [6.07, 6.45) is 1.70. The Kier molecular flexibility index (Phi) is 9.32. The van der Waals surface area contributed by atoms with Crippen molar-refractivity contribution >= 4 is 41.0 Å². The van der Waals surface area contributed by atoms with Crippen molar-refractivity contribution in [2.45, 2.75) is 44.8 Å². The number of aryl methyl sites for hydroxylation is 1. The van der Waals surface area contributed by atoms with Crippen LogP contribution in [0.15, 0.2) is 54.6 Å². The van der Waals surface area contributed by atoms with Crippen molar-refractivity contribution in [3.63, 3.8) is 0 Å². The minimum Gasteiger partial charge on any atom is -0.493 e. The Labute approximate surface area is 234 Å². The van der Waals surface area contributed by atoms with E-state index in [2.05, 4.69) is 22.0 Å². The molecular formula is C30H35ClN4O4. The monoisotopic (exact) mass is 550 g/mol. The summed E-state index contributed by atoms with van der Waals surface area (Å²) in [6.45, 7) is 4.64. The number of hydrogen-bond donors (Lipinski definition) is 3. The molecule has 3 aromatic rings. The van der Waals surface area contributed by atoms with Gasteiger partial charge in [-0.1, -0.05) is 24.3 Å². The lowest BCUT2D eigenvalue weighted by Gasteiger charge is -2.23. The van der Waals surface area contributed by atoms with E-state index in [1.807, 2.05) is 55.5 Å². The number of likely N-dealkylation sites (N-methyl/N-ethyl adjacent to an activating group) is 1. The lowest BCUT2D eigenvalue weighted by Crippen LogP contribution is -2.36. The number of carbonyl (C=O) groups excluding carboxylic acids is 2. The summed E-state index contributed by atoms with van der Waals surface area (Å²) >= 11 is 6.12. The van der Waals surface area contributed by atoms with Crippen LogP contribution in [0.3, 0.4) is 0 Å². The van der Waals surface area contributed by atoms with Crippen molar-refractivity contribution in [1.29, 1.82) is 0 Å².